The van der Waals surface area contributed by atoms with Gasteiger partial charge in [-0.05, 0) is 43.2 Å². The molecule has 6 heteroatoms. The average Bonchev–Trinajstić information content (AvgIpc) is 2.46. The normalized spacial score (nSPS) is 24.8. The number of benzene rings is 1. The van der Waals surface area contributed by atoms with E-state index in [1.165, 1.54) is 6.07 Å². The summed E-state index contributed by atoms with van der Waals surface area (Å²) in [4.78, 5) is 0. The van der Waals surface area contributed by atoms with Crippen LogP contribution in [0.5, 0.6) is 0 Å². The Labute approximate surface area is 121 Å². The fourth-order valence-electron chi connectivity index (χ4n) is 3.15. The molecule has 1 aliphatic carbocycles. The minimum absolute atomic E-state index is 0.0623. The molecular formula is C15H20F4N2. The summed E-state index contributed by atoms with van der Waals surface area (Å²) in [6, 6.07) is 5.95. The first-order valence-electron chi connectivity index (χ1n) is 7.18. The molecule has 0 amide bonds. The maximum atomic E-state index is 13.7. The van der Waals surface area contributed by atoms with E-state index in [0.29, 0.717) is 24.8 Å². The molecule has 0 aliphatic heterocycles. The van der Waals surface area contributed by atoms with Crippen LogP contribution in [0.4, 0.5) is 17.6 Å². The van der Waals surface area contributed by atoms with E-state index in [0.717, 1.165) is 0 Å². The molecule has 1 aromatic carbocycles. The van der Waals surface area contributed by atoms with E-state index in [2.05, 4.69) is 5.43 Å². The van der Waals surface area contributed by atoms with Gasteiger partial charge >= 0.3 is 6.18 Å². The first kappa shape index (κ1) is 16.2. The van der Waals surface area contributed by atoms with E-state index in [4.69, 9.17) is 5.84 Å². The first-order chi connectivity index (χ1) is 9.91. The van der Waals surface area contributed by atoms with Gasteiger partial charge in [-0.2, -0.15) is 13.2 Å². The second kappa shape index (κ2) is 6.75. The van der Waals surface area contributed by atoms with Crippen LogP contribution in [0.1, 0.15) is 31.2 Å². The van der Waals surface area contributed by atoms with Crippen molar-refractivity contribution < 1.29 is 17.6 Å². The molecule has 0 aromatic heterocycles. The van der Waals surface area contributed by atoms with Crippen molar-refractivity contribution in [2.75, 3.05) is 0 Å². The summed E-state index contributed by atoms with van der Waals surface area (Å²) in [5.74, 6) is 3.70. The summed E-state index contributed by atoms with van der Waals surface area (Å²) in [5.41, 5.74) is 3.07. The molecule has 3 atom stereocenters. The Morgan fingerprint density at radius 3 is 2.57 bits per heavy atom. The summed E-state index contributed by atoms with van der Waals surface area (Å²) in [5, 5.41) is 0. The minimum Gasteiger partial charge on any atom is -0.271 e. The maximum Gasteiger partial charge on any atom is 0.391 e. The monoisotopic (exact) mass is 304 g/mol. The number of alkyl halides is 3. The highest BCUT2D eigenvalue weighted by atomic mass is 19.4. The van der Waals surface area contributed by atoms with E-state index in [1.54, 1.807) is 18.2 Å². The van der Waals surface area contributed by atoms with E-state index in [1.807, 2.05) is 0 Å². The molecule has 2 rings (SSSR count). The molecule has 1 fully saturated rings. The van der Waals surface area contributed by atoms with Gasteiger partial charge in [-0.3, -0.25) is 11.3 Å². The Morgan fingerprint density at radius 2 is 1.95 bits per heavy atom. The summed E-state index contributed by atoms with van der Waals surface area (Å²) in [7, 11) is 0. The molecule has 1 aliphatic rings. The Bertz CT molecular complexity index is 461. The van der Waals surface area contributed by atoms with Crippen molar-refractivity contribution in [3.05, 3.63) is 35.6 Å². The van der Waals surface area contributed by atoms with E-state index in [-0.39, 0.29) is 30.6 Å². The summed E-state index contributed by atoms with van der Waals surface area (Å²) in [6.45, 7) is 0. The van der Waals surface area contributed by atoms with Crippen molar-refractivity contribution >= 4 is 0 Å². The van der Waals surface area contributed by atoms with Crippen LogP contribution in [0.2, 0.25) is 0 Å². The third-order valence-corrected chi connectivity index (χ3v) is 4.36. The topological polar surface area (TPSA) is 38.0 Å². The standard InChI is InChI=1S/C15H20F4N2/c16-13-7-2-1-4-10(13)9-14(21-20)11-5-3-6-12(8-11)15(17,18)19/h1-2,4,7,11-12,14,21H,3,5-6,8-9,20H2. The van der Waals surface area contributed by atoms with E-state index < -0.39 is 12.1 Å². The van der Waals surface area contributed by atoms with Gasteiger partial charge in [0.25, 0.3) is 0 Å². The molecule has 0 radical (unpaired) electrons. The van der Waals surface area contributed by atoms with Gasteiger partial charge in [0.05, 0.1) is 5.92 Å². The van der Waals surface area contributed by atoms with Gasteiger partial charge in [0, 0.05) is 6.04 Å². The Kier molecular flexibility index (Phi) is 5.22. The van der Waals surface area contributed by atoms with Gasteiger partial charge in [-0.25, -0.2) is 4.39 Å². The van der Waals surface area contributed by atoms with Gasteiger partial charge in [-0.15, -0.1) is 0 Å². The van der Waals surface area contributed by atoms with Crippen LogP contribution in [0.3, 0.4) is 0 Å². The number of hydrazine groups is 1. The van der Waals surface area contributed by atoms with Crippen LogP contribution < -0.4 is 11.3 Å². The van der Waals surface area contributed by atoms with Crippen LogP contribution in [-0.2, 0) is 6.42 Å². The number of nitrogens with one attached hydrogen (secondary N) is 1. The predicted molar refractivity (Wildman–Crippen MR) is 72.7 cm³/mol. The molecule has 118 valence electrons. The molecule has 0 saturated heterocycles. The predicted octanol–water partition coefficient (Wildman–Crippen LogP) is 3.57. The van der Waals surface area contributed by atoms with Crippen molar-refractivity contribution in [2.45, 2.75) is 44.3 Å². The number of hydrogen-bond acceptors (Lipinski definition) is 2. The number of halogens is 4. The zero-order valence-electron chi connectivity index (χ0n) is 11.7. The number of nitrogens with two attached hydrogens (primary N) is 1. The van der Waals surface area contributed by atoms with Crippen LogP contribution in [-0.4, -0.2) is 12.2 Å². The lowest BCUT2D eigenvalue weighted by Crippen LogP contribution is -2.45. The van der Waals surface area contributed by atoms with Crippen LogP contribution >= 0.6 is 0 Å². The highest BCUT2D eigenvalue weighted by Crippen LogP contribution is 2.41. The molecule has 3 N–H and O–H groups in total. The molecule has 1 saturated carbocycles. The molecule has 0 spiro atoms. The average molecular weight is 304 g/mol. The van der Waals surface area contributed by atoms with Crippen molar-refractivity contribution in [3.8, 4) is 0 Å². The number of hydrogen-bond donors (Lipinski definition) is 2. The highest BCUT2D eigenvalue weighted by molar-refractivity contribution is 5.18. The molecule has 3 unspecified atom stereocenters. The van der Waals surface area contributed by atoms with Gasteiger partial charge in [0.2, 0.25) is 0 Å². The molecule has 1 aromatic rings. The second-order valence-electron chi connectivity index (χ2n) is 5.73. The summed E-state index contributed by atoms with van der Waals surface area (Å²) in [6.07, 6.45) is -2.39. The lowest BCUT2D eigenvalue weighted by Gasteiger charge is -2.35. The van der Waals surface area contributed by atoms with Gasteiger partial charge in [0.15, 0.2) is 0 Å². The van der Waals surface area contributed by atoms with E-state index in [9.17, 15) is 17.6 Å². The summed E-state index contributed by atoms with van der Waals surface area (Å²) >= 11 is 0. The Hall–Kier alpha value is -1.14. The quantitative estimate of drug-likeness (QED) is 0.507. The minimum atomic E-state index is -4.16. The third-order valence-electron chi connectivity index (χ3n) is 4.36. The smallest absolute Gasteiger partial charge is 0.271 e. The summed E-state index contributed by atoms with van der Waals surface area (Å²) < 4.78 is 52.3. The molecule has 2 nitrogen and oxygen atoms in total. The van der Waals surface area contributed by atoms with Gasteiger partial charge in [-0.1, -0.05) is 24.6 Å². The van der Waals surface area contributed by atoms with Crippen LogP contribution in [0.25, 0.3) is 0 Å². The SMILES string of the molecule is NNC(Cc1ccccc1F)C1CCCC(C(F)(F)F)C1. The first-order valence-corrected chi connectivity index (χ1v) is 7.18. The van der Waals surface area contributed by atoms with Crippen molar-refractivity contribution in [2.24, 2.45) is 17.7 Å². The highest BCUT2D eigenvalue weighted by Gasteiger charge is 2.43. The van der Waals surface area contributed by atoms with E-state index >= 15 is 0 Å². The lowest BCUT2D eigenvalue weighted by molar-refractivity contribution is -0.186. The molecule has 0 heterocycles. The Morgan fingerprint density at radius 1 is 1.24 bits per heavy atom. The van der Waals surface area contributed by atoms with Crippen molar-refractivity contribution in [1.29, 1.82) is 0 Å². The third kappa shape index (κ3) is 4.17. The Balaban J connectivity index is 2.05. The van der Waals surface area contributed by atoms with Crippen molar-refractivity contribution in [3.63, 3.8) is 0 Å². The molecule has 0 bridgehead atoms. The molecular weight excluding hydrogens is 284 g/mol. The fourth-order valence-corrected chi connectivity index (χ4v) is 3.15. The fraction of sp³-hybridized carbons (Fsp3) is 0.600. The van der Waals surface area contributed by atoms with Crippen LogP contribution in [0.15, 0.2) is 24.3 Å². The largest absolute Gasteiger partial charge is 0.391 e. The van der Waals surface area contributed by atoms with Crippen molar-refractivity contribution in [1.82, 2.24) is 5.43 Å². The lowest BCUT2D eigenvalue weighted by atomic mass is 9.76. The van der Waals surface area contributed by atoms with Crippen LogP contribution in [0, 0.1) is 17.7 Å². The molecule has 21 heavy (non-hydrogen) atoms. The zero-order valence-corrected chi connectivity index (χ0v) is 11.7. The van der Waals surface area contributed by atoms with Gasteiger partial charge in [0.1, 0.15) is 5.82 Å². The second-order valence-corrected chi connectivity index (χ2v) is 5.73. The number of rotatable bonds is 4. The maximum absolute atomic E-state index is 13.7. The zero-order chi connectivity index (χ0) is 15.5. The van der Waals surface area contributed by atoms with Gasteiger partial charge < -0.3 is 0 Å².